The molecule has 1 heterocycles. The smallest absolute Gasteiger partial charge is 0.322 e. The molecule has 3 rings (SSSR count). The van der Waals surface area contributed by atoms with Crippen LogP contribution in [0.3, 0.4) is 0 Å². The fourth-order valence-corrected chi connectivity index (χ4v) is 2.54. The zero-order valence-electron chi connectivity index (χ0n) is 13.7. The lowest BCUT2D eigenvalue weighted by Gasteiger charge is -2.08. The van der Waals surface area contributed by atoms with Gasteiger partial charge in [0, 0.05) is 5.56 Å². The van der Waals surface area contributed by atoms with Gasteiger partial charge in [0.1, 0.15) is 6.04 Å². The lowest BCUT2D eigenvalue weighted by Crippen LogP contribution is -2.32. The normalized spacial score (nSPS) is 15.9. The summed E-state index contributed by atoms with van der Waals surface area (Å²) in [6.07, 6.45) is -0.322. The number of Topliss-reactive ketones (excluding diaryl/α,β-unsaturated/α-hetero) is 1. The van der Waals surface area contributed by atoms with Crippen molar-refractivity contribution >= 4 is 23.7 Å². The molecule has 132 valence electrons. The molecule has 1 atom stereocenters. The van der Waals surface area contributed by atoms with Crippen molar-refractivity contribution in [2.75, 3.05) is 6.61 Å². The topological polar surface area (TPSA) is 102 Å². The minimum atomic E-state index is -0.963. The van der Waals surface area contributed by atoms with Crippen LogP contribution in [-0.2, 0) is 14.3 Å². The van der Waals surface area contributed by atoms with Crippen LogP contribution < -0.4 is 10.6 Å². The summed E-state index contributed by atoms with van der Waals surface area (Å²) in [6.45, 7) is -0.425. The van der Waals surface area contributed by atoms with E-state index in [0.29, 0.717) is 5.56 Å². The Kier molecular flexibility index (Phi) is 5.07. The highest BCUT2D eigenvalue weighted by atomic mass is 16.5. The minimum absolute atomic E-state index is 0.322. The van der Waals surface area contributed by atoms with Gasteiger partial charge in [-0.25, -0.2) is 4.79 Å². The van der Waals surface area contributed by atoms with Gasteiger partial charge in [0.05, 0.1) is 6.42 Å². The molecule has 2 N–H and O–H groups in total. The van der Waals surface area contributed by atoms with Gasteiger partial charge in [0.25, 0.3) is 5.91 Å². The molecule has 7 heteroatoms. The molecule has 0 aromatic heterocycles. The number of ketones is 1. The average Bonchev–Trinajstić information content (AvgIpc) is 2.97. The first-order valence-electron chi connectivity index (χ1n) is 7.98. The summed E-state index contributed by atoms with van der Waals surface area (Å²) in [7, 11) is 0. The van der Waals surface area contributed by atoms with Crippen LogP contribution in [0, 0.1) is 0 Å². The summed E-state index contributed by atoms with van der Waals surface area (Å²) >= 11 is 0. The van der Waals surface area contributed by atoms with Crippen LogP contribution >= 0.6 is 0 Å². The molecule has 2 aromatic rings. The van der Waals surface area contributed by atoms with Gasteiger partial charge >= 0.3 is 12.0 Å². The molecule has 2 aromatic carbocycles. The predicted molar refractivity (Wildman–Crippen MR) is 92.2 cm³/mol. The Hall–Kier alpha value is -3.48. The molecule has 3 amide bonds. The molecule has 1 aliphatic rings. The van der Waals surface area contributed by atoms with Crippen molar-refractivity contribution in [2.24, 2.45) is 0 Å². The van der Waals surface area contributed by atoms with E-state index in [9.17, 15) is 19.2 Å². The number of esters is 1. The lowest BCUT2D eigenvalue weighted by atomic mass is 10.0. The molecular formula is C19H16N2O5. The summed E-state index contributed by atoms with van der Waals surface area (Å²) in [5, 5.41) is 4.31. The number of benzene rings is 2. The quantitative estimate of drug-likeness (QED) is 0.468. The van der Waals surface area contributed by atoms with Crippen LogP contribution in [0.15, 0.2) is 54.6 Å². The molecule has 0 radical (unpaired) electrons. The van der Waals surface area contributed by atoms with Gasteiger partial charge in [-0.1, -0.05) is 54.6 Å². The Morgan fingerprint density at radius 3 is 2.19 bits per heavy atom. The van der Waals surface area contributed by atoms with Gasteiger partial charge in [0.2, 0.25) is 0 Å². The van der Waals surface area contributed by atoms with Gasteiger partial charge in [-0.2, -0.15) is 0 Å². The summed E-state index contributed by atoms with van der Waals surface area (Å²) in [5.41, 5.74) is 2.43. The van der Waals surface area contributed by atoms with Crippen LogP contribution in [0.25, 0.3) is 11.1 Å². The van der Waals surface area contributed by atoms with Crippen LogP contribution in [0.1, 0.15) is 16.8 Å². The molecule has 0 aliphatic carbocycles. The van der Waals surface area contributed by atoms with Crippen molar-refractivity contribution in [2.45, 2.75) is 12.5 Å². The Balaban J connectivity index is 1.52. The highest BCUT2D eigenvalue weighted by molar-refractivity contribution is 6.05. The van der Waals surface area contributed by atoms with Gasteiger partial charge in [-0.15, -0.1) is 0 Å². The summed E-state index contributed by atoms with van der Waals surface area (Å²) in [5.74, 6) is -1.67. The number of carbonyl (C=O) groups is 4. The second kappa shape index (κ2) is 7.60. The fourth-order valence-electron chi connectivity index (χ4n) is 2.54. The van der Waals surface area contributed by atoms with E-state index in [2.05, 4.69) is 5.32 Å². The Bertz CT molecular complexity index is 846. The number of hydrogen-bond donors (Lipinski definition) is 2. The minimum Gasteiger partial charge on any atom is -0.457 e. The van der Waals surface area contributed by atoms with E-state index in [1.54, 1.807) is 12.1 Å². The van der Waals surface area contributed by atoms with Gasteiger partial charge in [-0.05, 0) is 11.1 Å². The van der Waals surface area contributed by atoms with Crippen molar-refractivity contribution in [1.82, 2.24) is 10.6 Å². The lowest BCUT2D eigenvalue weighted by molar-refractivity contribution is -0.144. The third-order valence-corrected chi connectivity index (χ3v) is 3.91. The molecule has 1 fully saturated rings. The van der Waals surface area contributed by atoms with Crippen LogP contribution in [0.5, 0.6) is 0 Å². The van der Waals surface area contributed by atoms with E-state index in [4.69, 9.17) is 4.74 Å². The maximum atomic E-state index is 12.1. The first-order valence-corrected chi connectivity index (χ1v) is 7.98. The number of urea groups is 1. The monoisotopic (exact) mass is 352 g/mol. The molecular weight excluding hydrogens is 336 g/mol. The van der Waals surface area contributed by atoms with Crippen LogP contribution in [0.4, 0.5) is 4.79 Å². The largest absolute Gasteiger partial charge is 0.457 e. The van der Waals surface area contributed by atoms with Crippen LogP contribution in [-0.4, -0.2) is 36.3 Å². The molecule has 1 unspecified atom stereocenters. The number of hydrogen-bond acceptors (Lipinski definition) is 5. The van der Waals surface area contributed by atoms with E-state index >= 15 is 0 Å². The maximum absolute atomic E-state index is 12.1. The second-order valence-electron chi connectivity index (χ2n) is 5.75. The van der Waals surface area contributed by atoms with Crippen LogP contribution in [0.2, 0.25) is 0 Å². The second-order valence-corrected chi connectivity index (χ2v) is 5.75. The fraction of sp³-hybridized carbons (Fsp3) is 0.158. The van der Waals surface area contributed by atoms with E-state index in [0.717, 1.165) is 11.1 Å². The Labute approximate surface area is 149 Å². The summed E-state index contributed by atoms with van der Waals surface area (Å²) < 4.78 is 4.90. The summed E-state index contributed by atoms with van der Waals surface area (Å²) in [4.78, 5) is 46.2. The highest BCUT2D eigenvalue weighted by Gasteiger charge is 2.31. The molecule has 1 saturated heterocycles. The summed E-state index contributed by atoms with van der Waals surface area (Å²) in [6, 6.07) is 15.1. The molecule has 7 nitrogen and oxygen atoms in total. The van der Waals surface area contributed by atoms with E-state index < -0.39 is 30.6 Å². The number of imide groups is 1. The first-order chi connectivity index (χ1) is 12.5. The maximum Gasteiger partial charge on any atom is 0.322 e. The van der Waals surface area contributed by atoms with Gasteiger partial charge in [0.15, 0.2) is 12.4 Å². The Morgan fingerprint density at radius 2 is 1.58 bits per heavy atom. The number of rotatable bonds is 6. The van der Waals surface area contributed by atoms with Crippen molar-refractivity contribution in [3.05, 3.63) is 60.2 Å². The number of nitrogens with one attached hydrogen (secondary N) is 2. The predicted octanol–water partition coefficient (Wildman–Crippen LogP) is 1.68. The van der Waals surface area contributed by atoms with Gasteiger partial charge < -0.3 is 10.1 Å². The molecule has 26 heavy (non-hydrogen) atoms. The molecule has 0 bridgehead atoms. The zero-order chi connectivity index (χ0) is 18.5. The van der Waals surface area contributed by atoms with Crippen molar-refractivity contribution < 1.29 is 23.9 Å². The van der Waals surface area contributed by atoms with Crippen molar-refractivity contribution in [3.63, 3.8) is 0 Å². The number of amides is 3. The Morgan fingerprint density at radius 1 is 0.923 bits per heavy atom. The molecule has 0 spiro atoms. The standard InChI is InChI=1S/C19H16N2O5/c22-16(11-26-17(23)10-15-18(24)21-19(25)20-15)14-8-6-13(7-9-14)12-4-2-1-3-5-12/h1-9,15H,10-11H2,(H2,20,21,24,25). The van der Waals surface area contributed by atoms with E-state index in [1.165, 1.54) is 0 Å². The SMILES string of the molecule is O=C1NC(=O)C(CC(=O)OCC(=O)c2ccc(-c3ccccc3)cc2)N1. The number of carbonyl (C=O) groups excluding carboxylic acids is 4. The third-order valence-electron chi connectivity index (χ3n) is 3.91. The number of ether oxygens (including phenoxy) is 1. The van der Waals surface area contributed by atoms with Gasteiger partial charge in [-0.3, -0.25) is 19.7 Å². The van der Waals surface area contributed by atoms with E-state index in [1.807, 2.05) is 47.8 Å². The molecule has 1 aliphatic heterocycles. The third kappa shape index (κ3) is 4.13. The first kappa shape index (κ1) is 17.3. The zero-order valence-corrected chi connectivity index (χ0v) is 13.7. The average molecular weight is 352 g/mol. The van der Waals surface area contributed by atoms with Crippen molar-refractivity contribution in [1.29, 1.82) is 0 Å². The van der Waals surface area contributed by atoms with Crippen molar-refractivity contribution in [3.8, 4) is 11.1 Å². The van der Waals surface area contributed by atoms with E-state index in [-0.39, 0.29) is 12.2 Å². The highest BCUT2D eigenvalue weighted by Crippen LogP contribution is 2.19. The molecule has 0 saturated carbocycles.